The first-order valence-electron chi connectivity index (χ1n) is 23.9. The monoisotopic (exact) mass is 918 g/mol. The largest absolute Gasteiger partial charge is 0.459 e. The molecular weight excluding hydrogens is 835 g/mol. The van der Waals surface area contributed by atoms with Gasteiger partial charge >= 0.3 is 5.97 Å². The third kappa shape index (κ3) is 12.5. The van der Waals surface area contributed by atoms with E-state index in [1.165, 1.54) is 19.4 Å². The number of hydrogen-bond acceptors (Lipinski definition) is 15. The number of hydrogen-bond donors (Lipinski definition) is 6. The summed E-state index contributed by atoms with van der Waals surface area (Å²) in [6.07, 6.45) is -8.60. The fourth-order valence-electron chi connectivity index (χ4n) is 10.8. The first-order chi connectivity index (χ1) is 30.4. The van der Waals surface area contributed by atoms with Crippen molar-refractivity contribution >= 4 is 16.7 Å². The van der Waals surface area contributed by atoms with Crippen LogP contribution in [0.5, 0.6) is 0 Å². The number of aliphatic hydroxyl groups excluding tert-OH is 3. The Morgan fingerprint density at radius 1 is 0.908 bits per heavy atom. The maximum Gasteiger partial charge on any atom is 0.311 e. The van der Waals surface area contributed by atoms with Crippen LogP contribution in [0.25, 0.3) is 10.8 Å². The van der Waals surface area contributed by atoms with Crippen LogP contribution in [0.4, 0.5) is 0 Å². The van der Waals surface area contributed by atoms with E-state index in [4.69, 9.17) is 28.4 Å². The molecule has 0 unspecified atom stereocenters. The Labute approximate surface area is 388 Å². The van der Waals surface area contributed by atoms with E-state index in [-0.39, 0.29) is 37.3 Å². The molecule has 0 radical (unpaired) electrons. The van der Waals surface area contributed by atoms with Crippen molar-refractivity contribution in [3.8, 4) is 0 Å². The predicted octanol–water partition coefficient (Wildman–Crippen LogP) is 4.21. The van der Waals surface area contributed by atoms with E-state index < -0.39 is 96.0 Å². The highest BCUT2D eigenvalue weighted by Gasteiger charge is 2.53. The third-order valence-electron chi connectivity index (χ3n) is 14.8. The van der Waals surface area contributed by atoms with E-state index in [1.54, 1.807) is 34.6 Å². The topological polar surface area (TPSA) is 192 Å². The number of esters is 1. The zero-order valence-electron chi connectivity index (χ0n) is 41.3. The fourth-order valence-corrected chi connectivity index (χ4v) is 10.8. The minimum atomic E-state index is -1.87. The minimum Gasteiger partial charge on any atom is -0.459 e. The van der Waals surface area contributed by atoms with Crippen LogP contribution in [0, 0.1) is 17.8 Å². The second-order valence-electron chi connectivity index (χ2n) is 20.5. The predicted molar refractivity (Wildman–Crippen MR) is 249 cm³/mol. The number of cyclic esters (lactones) is 1. The van der Waals surface area contributed by atoms with E-state index in [1.807, 2.05) is 58.8 Å². The summed E-state index contributed by atoms with van der Waals surface area (Å²) in [6.45, 7) is 19.9. The van der Waals surface area contributed by atoms with Crippen molar-refractivity contribution in [2.45, 2.75) is 192 Å². The number of rotatable bonds is 12. The van der Waals surface area contributed by atoms with Crippen molar-refractivity contribution in [2.24, 2.45) is 17.8 Å². The molecule has 0 spiro atoms. The number of carbonyl (C=O) groups excluding carboxylic acids is 1. The van der Waals surface area contributed by atoms with Gasteiger partial charge in [0, 0.05) is 57.7 Å². The summed E-state index contributed by atoms with van der Waals surface area (Å²) in [6, 6.07) is 13.6. The van der Waals surface area contributed by atoms with Gasteiger partial charge in [0.15, 0.2) is 12.6 Å². The number of benzene rings is 2. The average Bonchev–Trinajstić information content (AvgIpc) is 3.25. The number of methoxy groups -OCH3 is 1. The van der Waals surface area contributed by atoms with Crippen LogP contribution in [0.1, 0.15) is 100 Å². The molecule has 15 nitrogen and oxygen atoms in total. The van der Waals surface area contributed by atoms with Crippen molar-refractivity contribution in [2.75, 3.05) is 40.8 Å². The molecule has 0 amide bonds. The summed E-state index contributed by atoms with van der Waals surface area (Å²) in [5.74, 6) is -2.73. The highest BCUT2D eigenvalue weighted by atomic mass is 16.7. The lowest BCUT2D eigenvalue weighted by molar-refractivity contribution is -0.318. The summed E-state index contributed by atoms with van der Waals surface area (Å²) in [7, 11) is 5.30. The molecule has 370 valence electrons. The molecule has 0 aliphatic carbocycles. The molecule has 3 aliphatic rings. The molecular formula is C50H83N3O12. The summed E-state index contributed by atoms with van der Waals surface area (Å²) < 4.78 is 38.2. The van der Waals surface area contributed by atoms with Crippen LogP contribution in [0.15, 0.2) is 42.5 Å². The van der Waals surface area contributed by atoms with Crippen molar-refractivity contribution in [3.63, 3.8) is 0 Å². The molecule has 15 heteroatoms. The molecule has 0 saturated carbocycles. The van der Waals surface area contributed by atoms with Crippen LogP contribution in [0.2, 0.25) is 0 Å². The van der Waals surface area contributed by atoms with Gasteiger partial charge in [0.25, 0.3) is 0 Å². The molecule has 0 bridgehead atoms. The van der Waals surface area contributed by atoms with Gasteiger partial charge < -0.3 is 64.2 Å². The number of nitrogens with zero attached hydrogens (tertiary/aromatic N) is 2. The third-order valence-corrected chi connectivity index (χ3v) is 14.8. The lowest BCUT2D eigenvalue weighted by atomic mass is 9.77. The van der Waals surface area contributed by atoms with Crippen LogP contribution >= 0.6 is 0 Å². The van der Waals surface area contributed by atoms with Gasteiger partial charge in [-0.25, -0.2) is 0 Å². The lowest BCUT2D eigenvalue weighted by Crippen LogP contribution is -2.60. The number of aliphatic hydroxyl groups is 5. The Hall–Kier alpha value is -2.35. The Morgan fingerprint density at radius 2 is 1.58 bits per heavy atom. The van der Waals surface area contributed by atoms with E-state index in [0.717, 1.165) is 10.9 Å². The van der Waals surface area contributed by atoms with E-state index >= 15 is 0 Å². The van der Waals surface area contributed by atoms with Gasteiger partial charge in [0.2, 0.25) is 0 Å². The molecule has 2 aromatic rings. The van der Waals surface area contributed by atoms with Crippen molar-refractivity contribution in [1.29, 1.82) is 0 Å². The van der Waals surface area contributed by atoms with Gasteiger partial charge in [-0.1, -0.05) is 63.2 Å². The van der Waals surface area contributed by atoms with Crippen LogP contribution < -0.4 is 5.32 Å². The molecule has 5 rings (SSSR count). The Morgan fingerprint density at radius 3 is 2.25 bits per heavy atom. The van der Waals surface area contributed by atoms with Gasteiger partial charge in [-0.3, -0.25) is 9.69 Å². The second kappa shape index (κ2) is 22.4. The van der Waals surface area contributed by atoms with Gasteiger partial charge in [-0.05, 0) is 104 Å². The molecule has 3 heterocycles. The maximum absolute atomic E-state index is 14.6. The molecule has 2 aromatic carbocycles. The number of fused-ring (bicyclic) bond motifs is 1. The van der Waals surface area contributed by atoms with Crippen LogP contribution in [0.3, 0.4) is 0 Å². The standard InChI is InChI=1S/C50H83N3O12/c1-14-39-50(10,59)43(55)33(6)53(23-22-51-27-36-20-17-19-35-18-15-16-21-37(35)36)28-29(2)25-48(8,58)45(65-47-41(54)38(52(11)12)24-30(3)61-47)31(4)42(32(5)46(57)63-39)64-40-26-49(9,60-13)44(56)34(7)62-40/h15-21,29-34,38-45,47,51,54-56,58-59H,14,22-28H2,1-13H3/t29-,30-,31+,32-,33-,34+,38+,39-,40+,41-,42+,43-,44+,45-,47+,48-,49-,50-/m1/s1. The van der Waals surface area contributed by atoms with Gasteiger partial charge in [0.1, 0.15) is 30.0 Å². The fraction of sp³-hybridized carbons (Fsp3) is 0.780. The van der Waals surface area contributed by atoms with E-state index in [2.05, 4.69) is 40.5 Å². The number of carbonyl (C=O) groups is 1. The Kier molecular flexibility index (Phi) is 18.5. The highest BCUT2D eigenvalue weighted by Crippen LogP contribution is 2.40. The molecule has 0 aromatic heterocycles. The maximum atomic E-state index is 14.6. The van der Waals surface area contributed by atoms with Gasteiger partial charge in [-0.15, -0.1) is 0 Å². The van der Waals surface area contributed by atoms with E-state index in [0.29, 0.717) is 32.6 Å². The molecule has 6 N–H and O–H groups in total. The minimum absolute atomic E-state index is 0.119. The number of nitrogens with one attached hydrogen (secondary N) is 1. The summed E-state index contributed by atoms with van der Waals surface area (Å²) in [4.78, 5) is 18.6. The smallest absolute Gasteiger partial charge is 0.311 e. The molecule has 3 aliphatic heterocycles. The zero-order chi connectivity index (χ0) is 48.2. The second-order valence-corrected chi connectivity index (χ2v) is 20.5. The van der Waals surface area contributed by atoms with Crippen LogP contribution in [-0.4, -0.2) is 172 Å². The average molecular weight is 918 g/mol. The highest BCUT2D eigenvalue weighted by molar-refractivity contribution is 5.85. The molecule has 65 heavy (non-hydrogen) atoms. The molecule has 18 atom stereocenters. The van der Waals surface area contributed by atoms with E-state index in [9.17, 15) is 30.3 Å². The normalized spacial score (nSPS) is 42.1. The Bertz CT molecular complexity index is 1810. The van der Waals surface area contributed by atoms with Gasteiger partial charge in [0.05, 0.1) is 41.5 Å². The molecule has 3 saturated heterocycles. The number of likely N-dealkylation sites (N-methyl/N-ethyl adjacent to an activating group) is 1. The summed E-state index contributed by atoms with van der Waals surface area (Å²) in [5, 5.41) is 66.0. The van der Waals surface area contributed by atoms with Crippen molar-refractivity contribution in [1.82, 2.24) is 15.1 Å². The summed E-state index contributed by atoms with van der Waals surface area (Å²) in [5.41, 5.74) is -3.36. The number of ether oxygens (including phenoxy) is 6. The zero-order valence-corrected chi connectivity index (χ0v) is 41.3. The first-order valence-corrected chi connectivity index (χ1v) is 23.9. The van der Waals surface area contributed by atoms with Crippen molar-refractivity contribution in [3.05, 3.63) is 48.0 Å². The first kappa shape index (κ1) is 53.6. The lowest BCUT2D eigenvalue weighted by Gasteiger charge is -2.48. The molecule has 3 fully saturated rings. The Balaban J connectivity index is 1.53. The van der Waals surface area contributed by atoms with Gasteiger partial charge in [-0.2, -0.15) is 0 Å². The van der Waals surface area contributed by atoms with Crippen molar-refractivity contribution < 1.29 is 58.7 Å². The quantitative estimate of drug-likeness (QED) is 0.131. The summed E-state index contributed by atoms with van der Waals surface area (Å²) >= 11 is 0. The SMILES string of the molecule is CC[C@H]1OC(=O)[C@H](C)[C@@H](O[C@H]2C[C@@](C)(OC)[C@@H](O)[C@H](C)O2)[C@H](C)[C@@H](O[C@@H]2O[C@H](C)C[C@H](N(C)C)[C@H]2O)[C@](C)(O)C[C@@H](C)CN(CCNCc2cccc3ccccc23)[C@H](C)[C@@H](O)[C@]1(C)O. The van der Waals surface area contributed by atoms with Crippen LogP contribution in [-0.2, 0) is 39.8 Å².